The van der Waals surface area contributed by atoms with E-state index in [1.54, 1.807) is 12.1 Å². The Hall–Kier alpha value is -2.79. The zero-order valence-corrected chi connectivity index (χ0v) is 18.4. The lowest BCUT2D eigenvalue weighted by atomic mass is 10.0. The van der Waals surface area contributed by atoms with Gasteiger partial charge in [-0.05, 0) is 30.0 Å². The Morgan fingerprint density at radius 3 is 2.00 bits per heavy atom. The molecule has 3 amide bonds. The van der Waals surface area contributed by atoms with Gasteiger partial charge in [-0.25, -0.2) is 4.79 Å². The molecule has 0 bridgehead atoms. The first-order chi connectivity index (χ1) is 14.6. The molecule has 3 unspecified atom stereocenters. The number of carboxylic acid groups (broad SMARTS) is 1. The van der Waals surface area contributed by atoms with Crippen molar-refractivity contribution in [1.82, 2.24) is 16.0 Å². The van der Waals surface area contributed by atoms with E-state index < -0.39 is 41.8 Å². The third-order valence-corrected chi connectivity index (χ3v) is 4.72. The minimum Gasteiger partial charge on any atom is -0.508 e. The lowest BCUT2D eigenvalue weighted by molar-refractivity contribution is -0.142. The molecule has 1 aromatic rings. The molecule has 0 saturated heterocycles. The summed E-state index contributed by atoms with van der Waals surface area (Å²) in [5.74, 6) is -3.06. The molecule has 3 atom stereocenters. The highest BCUT2D eigenvalue weighted by molar-refractivity contribution is 7.80. The van der Waals surface area contributed by atoms with Gasteiger partial charge in [-0.3, -0.25) is 14.4 Å². The maximum atomic E-state index is 12.9. The number of carboxylic acids is 1. The molecule has 0 spiro atoms. The Balaban J connectivity index is 3.04. The van der Waals surface area contributed by atoms with E-state index in [1.165, 1.54) is 12.1 Å². The third kappa shape index (κ3) is 9.26. The summed E-state index contributed by atoms with van der Waals surface area (Å²) in [6, 6.07) is 2.76. The largest absolute Gasteiger partial charge is 0.508 e. The Morgan fingerprint density at radius 1 is 0.968 bits per heavy atom. The number of phenols is 1. The second-order valence-corrected chi connectivity index (χ2v) is 7.83. The maximum absolute atomic E-state index is 12.9. The number of carbonyl (C=O) groups is 4. The molecule has 0 radical (unpaired) electrons. The molecule has 0 aliphatic rings. The maximum Gasteiger partial charge on any atom is 0.326 e. The molecule has 1 rings (SSSR count). The molecule has 10 nitrogen and oxygen atoms in total. The molecule has 11 heteroatoms. The summed E-state index contributed by atoms with van der Waals surface area (Å²) in [7, 11) is 0. The Kier molecular flexibility index (Phi) is 10.8. The van der Waals surface area contributed by atoms with Crippen LogP contribution >= 0.6 is 12.6 Å². The second kappa shape index (κ2) is 12.8. The van der Waals surface area contributed by atoms with Gasteiger partial charge in [0.2, 0.25) is 17.7 Å². The zero-order valence-electron chi connectivity index (χ0n) is 17.5. The summed E-state index contributed by atoms with van der Waals surface area (Å²) in [4.78, 5) is 48.6. The van der Waals surface area contributed by atoms with E-state index in [4.69, 9.17) is 5.73 Å². The second-order valence-electron chi connectivity index (χ2n) is 7.47. The van der Waals surface area contributed by atoms with E-state index >= 15 is 0 Å². The lowest BCUT2D eigenvalue weighted by Gasteiger charge is -2.24. The Labute approximate surface area is 186 Å². The van der Waals surface area contributed by atoms with Gasteiger partial charge in [-0.2, -0.15) is 12.6 Å². The molecule has 0 saturated carbocycles. The van der Waals surface area contributed by atoms with Crippen molar-refractivity contribution < 1.29 is 29.4 Å². The molecule has 0 fully saturated rings. The van der Waals surface area contributed by atoms with Gasteiger partial charge in [-0.1, -0.05) is 26.0 Å². The van der Waals surface area contributed by atoms with Crippen molar-refractivity contribution in [2.75, 3.05) is 12.3 Å². The van der Waals surface area contributed by atoms with Crippen LogP contribution in [0.25, 0.3) is 0 Å². The highest BCUT2D eigenvalue weighted by Crippen LogP contribution is 2.12. The molecular weight excluding hydrogens is 424 g/mol. The first-order valence-electron chi connectivity index (χ1n) is 9.79. The Morgan fingerprint density at radius 2 is 1.52 bits per heavy atom. The number of nitrogens with one attached hydrogen (secondary N) is 3. The number of aliphatic carboxylic acids is 1. The highest BCUT2D eigenvalue weighted by atomic mass is 32.1. The summed E-state index contributed by atoms with van der Waals surface area (Å²) in [6.07, 6.45) is 0.253. The number of nitrogens with two attached hydrogens (primary N) is 1. The van der Waals surface area contributed by atoms with Gasteiger partial charge in [0.15, 0.2) is 0 Å². The van der Waals surface area contributed by atoms with E-state index in [2.05, 4.69) is 28.6 Å². The smallest absolute Gasteiger partial charge is 0.326 e. The van der Waals surface area contributed by atoms with Gasteiger partial charge in [0, 0.05) is 12.2 Å². The number of amides is 3. The number of phenolic OH excluding ortho intramolecular Hbond substituents is 1. The van der Waals surface area contributed by atoms with E-state index in [0.717, 1.165) is 0 Å². The topological polar surface area (TPSA) is 171 Å². The number of thiol groups is 1. The molecule has 0 aliphatic carbocycles. The van der Waals surface area contributed by atoms with Crippen LogP contribution in [-0.2, 0) is 25.6 Å². The van der Waals surface area contributed by atoms with Gasteiger partial charge in [0.05, 0.1) is 6.54 Å². The number of carbonyl (C=O) groups excluding carboxylic acids is 3. The fourth-order valence-electron chi connectivity index (χ4n) is 2.76. The third-order valence-electron chi connectivity index (χ3n) is 4.35. The quantitative estimate of drug-likeness (QED) is 0.207. The number of rotatable bonds is 12. The fourth-order valence-corrected chi connectivity index (χ4v) is 3.02. The van der Waals surface area contributed by atoms with Crippen LogP contribution in [0.15, 0.2) is 24.3 Å². The van der Waals surface area contributed by atoms with Crippen LogP contribution in [0.4, 0.5) is 0 Å². The van der Waals surface area contributed by atoms with Crippen LogP contribution in [0.2, 0.25) is 0 Å². The van der Waals surface area contributed by atoms with Crippen molar-refractivity contribution in [3.8, 4) is 5.75 Å². The lowest BCUT2D eigenvalue weighted by Crippen LogP contribution is -2.57. The number of aromatic hydroxyl groups is 1. The molecule has 0 aromatic heterocycles. The summed E-state index contributed by atoms with van der Waals surface area (Å²) in [5.41, 5.74) is 5.88. The van der Waals surface area contributed by atoms with E-state index in [1.807, 2.05) is 13.8 Å². The van der Waals surface area contributed by atoms with Gasteiger partial charge in [0.1, 0.15) is 23.9 Å². The molecule has 7 N–H and O–H groups in total. The van der Waals surface area contributed by atoms with Crippen molar-refractivity contribution in [2.24, 2.45) is 11.7 Å². The number of benzene rings is 1. The highest BCUT2D eigenvalue weighted by Gasteiger charge is 2.29. The van der Waals surface area contributed by atoms with Gasteiger partial charge in [0.25, 0.3) is 0 Å². The summed E-state index contributed by atoms with van der Waals surface area (Å²) >= 11 is 4.05. The Bertz CT molecular complexity index is 771. The average Bonchev–Trinajstić information content (AvgIpc) is 2.71. The van der Waals surface area contributed by atoms with Crippen LogP contribution in [-0.4, -0.2) is 64.3 Å². The normalized spacial score (nSPS) is 13.7. The molecule has 172 valence electrons. The first kappa shape index (κ1) is 26.2. The summed E-state index contributed by atoms with van der Waals surface area (Å²) in [6.45, 7) is 3.34. The molecular formula is C20H30N4O6S. The van der Waals surface area contributed by atoms with Crippen LogP contribution in [0.3, 0.4) is 0 Å². The first-order valence-corrected chi connectivity index (χ1v) is 10.4. The van der Waals surface area contributed by atoms with Crippen LogP contribution in [0.1, 0.15) is 25.8 Å². The minimum absolute atomic E-state index is 0.0200. The van der Waals surface area contributed by atoms with Crippen molar-refractivity contribution in [3.05, 3.63) is 29.8 Å². The van der Waals surface area contributed by atoms with E-state index in [0.29, 0.717) is 5.56 Å². The van der Waals surface area contributed by atoms with Gasteiger partial charge >= 0.3 is 5.97 Å². The predicted octanol–water partition coefficient (Wildman–Crippen LogP) is -0.592. The average molecular weight is 455 g/mol. The molecule has 0 aliphatic heterocycles. The molecule has 0 heterocycles. The summed E-state index contributed by atoms with van der Waals surface area (Å²) < 4.78 is 0. The van der Waals surface area contributed by atoms with Crippen molar-refractivity contribution >= 4 is 36.3 Å². The predicted molar refractivity (Wildman–Crippen MR) is 118 cm³/mol. The standard InChI is InChI=1S/C20H30N4O6S/c1-11(2)7-15(20(29)30)24-18(27)14(8-12-3-5-13(25)6-4-12)23-19(28)16(10-31)22-17(26)9-21/h3-6,11,14-16,25,31H,7-10,21H2,1-2H3,(H,22,26)(H,23,28)(H,24,27)(H,29,30). The van der Waals surface area contributed by atoms with Crippen LogP contribution in [0, 0.1) is 5.92 Å². The van der Waals surface area contributed by atoms with Crippen molar-refractivity contribution in [3.63, 3.8) is 0 Å². The van der Waals surface area contributed by atoms with Gasteiger partial charge < -0.3 is 31.9 Å². The zero-order chi connectivity index (χ0) is 23.6. The van der Waals surface area contributed by atoms with Crippen LogP contribution < -0.4 is 21.7 Å². The molecule has 31 heavy (non-hydrogen) atoms. The van der Waals surface area contributed by atoms with Crippen molar-refractivity contribution in [2.45, 2.75) is 44.8 Å². The van der Waals surface area contributed by atoms with Gasteiger partial charge in [-0.15, -0.1) is 0 Å². The van der Waals surface area contributed by atoms with E-state index in [9.17, 15) is 29.4 Å². The minimum atomic E-state index is -1.18. The van der Waals surface area contributed by atoms with Crippen LogP contribution in [0.5, 0.6) is 5.75 Å². The SMILES string of the molecule is CC(C)CC(NC(=O)C(Cc1ccc(O)cc1)NC(=O)C(CS)NC(=O)CN)C(=O)O. The number of hydrogen-bond acceptors (Lipinski definition) is 7. The van der Waals surface area contributed by atoms with Crippen molar-refractivity contribution in [1.29, 1.82) is 0 Å². The number of hydrogen-bond donors (Lipinski definition) is 7. The monoisotopic (exact) mass is 454 g/mol. The summed E-state index contributed by atoms with van der Waals surface area (Å²) in [5, 5.41) is 26.3. The fraction of sp³-hybridized carbons (Fsp3) is 0.500. The molecule has 1 aromatic carbocycles. The van der Waals surface area contributed by atoms with E-state index in [-0.39, 0.29) is 36.8 Å².